The summed E-state index contributed by atoms with van der Waals surface area (Å²) in [6.45, 7) is 1.03. The molecular formula is C17H19N3O3. The van der Waals surface area contributed by atoms with E-state index in [0.29, 0.717) is 24.7 Å². The predicted octanol–water partition coefficient (Wildman–Crippen LogP) is 2.48. The van der Waals surface area contributed by atoms with Gasteiger partial charge >= 0.3 is 6.03 Å². The van der Waals surface area contributed by atoms with Gasteiger partial charge in [0.15, 0.2) is 0 Å². The minimum Gasteiger partial charge on any atom is -0.481 e. The summed E-state index contributed by atoms with van der Waals surface area (Å²) in [6, 6.07) is 13.2. The highest BCUT2D eigenvalue weighted by atomic mass is 16.5. The molecule has 2 amide bonds. The first kappa shape index (κ1) is 15.3. The molecule has 0 unspecified atom stereocenters. The lowest BCUT2D eigenvalue weighted by Crippen LogP contribution is -2.63. The number of carbonyl (C=O) groups is 1. The van der Waals surface area contributed by atoms with Crippen LogP contribution in [0, 0.1) is 0 Å². The van der Waals surface area contributed by atoms with Crippen molar-refractivity contribution in [3.05, 3.63) is 54.2 Å². The molecule has 2 heterocycles. The number of urea groups is 1. The van der Waals surface area contributed by atoms with Gasteiger partial charge in [-0.3, -0.25) is 0 Å². The number of likely N-dealkylation sites (tertiary alicyclic amines) is 1. The maximum atomic E-state index is 12.3. The second kappa shape index (κ2) is 6.26. The smallest absolute Gasteiger partial charge is 0.322 e. The molecule has 1 saturated heterocycles. The number of anilines is 1. The van der Waals surface area contributed by atoms with Gasteiger partial charge in [-0.2, -0.15) is 0 Å². The Hall–Kier alpha value is -2.60. The van der Waals surface area contributed by atoms with Crippen LogP contribution in [0.4, 0.5) is 10.5 Å². The number of hydrogen-bond acceptors (Lipinski definition) is 4. The Morgan fingerprint density at radius 3 is 2.61 bits per heavy atom. The Bertz CT molecular complexity index is 684. The molecule has 120 valence electrons. The molecule has 0 atom stereocenters. The SMILES string of the molecule is COc1cc(NC(=O)N2CC(OC)(c3ccccc3)C2)ccn1. The summed E-state index contributed by atoms with van der Waals surface area (Å²) in [4.78, 5) is 18.1. The zero-order valence-corrected chi connectivity index (χ0v) is 13.2. The van der Waals surface area contributed by atoms with Gasteiger partial charge in [-0.05, 0) is 11.6 Å². The van der Waals surface area contributed by atoms with Crippen LogP contribution in [-0.4, -0.2) is 43.2 Å². The lowest BCUT2D eigenvalue weighted by atomic mass is 9.86. The first-order valence-electron chi connectivity index (χ1n) is 7.33. The summed E-state index contributed by atoms with van der Waals surface area (Å²) in [5, 5.41) is 2.84. The monoisotopic (exact) mass is 313 g/mol. The van der Waals surface area contributed by atoms with Crippen molar-refractivity contribution < 1.29 is 14.3 Å². The fraction of sp³-hybridized carbons (Fsp3) is 0.294. The Morgan fingerprint density at radius 2 is 1.96 bits per heavy atom. The van der Waals surface area contributed by atoms with Crippen molar-refractivity contribution in [3.8, 4) is 5.88 Å². The molecule has 1 aromatic heterocycles. The molecule has 1 aromatic carbocycles. The second-order valence-electron chi connectivity index (χ2n) is 5.44. The molecule has 6 nitrogen and oxygen atoms in total. The van der Waals surface area contributed by atoms with Gasteiger partial charge in [0.05, 0.1) is 20.2 Å². The van der Waals surface area contributed by atoms with Crippen molar-refractivity contribution in [2.45, 2.75) is 5.60 Å². The zero-order valence-electron chi connectivity index (χ0n) is 13.2. The standard InChI is InChI=1S/C17H19N3O3/c1-22-15-10-14(8-9-18-15)19-16(21)20-11-17(12-20,23-2)13-6-4-3-5-7-13/h3-10H,11-12H2,1-2H3,(H,18,19,21). The molecule has 0 radical (unpaired) electrons. The number of pyridine rings is 1. The number of ether oxygens (including phenoxy) is 2. The van der Waals surface area contributed by atoms with Crippen LogP contribution in [0.5, 0.6) is 5.88 Å². The van der Waals surface area contributed by atoms with Gasteiger partial charge in [0.1, 0.15) is 5.60 Å². The third-order valence-electron chi connectivity index (χ3n) is 4.07. The largest absolute Gasteiger partial charge is 0.481 e. The molecule has 2 aromatic rings. The first-order valence-corrected chi connectivity index (χ1v) is 7.33. The fourth-order valence-electron chi connectivity index (χ4n) is 2.69. The average molecular weight is 313 g/mol. The van der Waals surface area contributed by atoms with Crippen molar-refractivity contribution in [2.24, 2.45) is 0 Å². The number of aromatic nitrogens is 1. The third kappa shape index (κ3) is 2.98. The highest BCUT2D eigenvalue weighted by Gasteiger charge is 2.47. The molecule has 3 rings (SSSR count). The van der Waals surface area contributed by atoms with E-state index in [2.05, 4.69) is 10.3 Å². The Labute approximate surface area is 135 Å². The Morgan fingerprint density at radius 1 is 1.22 bits per heavy atom. The van der Waals surface area contributed by atoms with Gasteiger partial charge in [0.2, 0.25) is 5.88 Å². The third-order valence-corrected chi connectivity index (χ3v) is 4.07. The summed E-state index contributed by atoms with van der Waals surface area (Å²) >= 11 is 0. The molecule has 1 N–H and O–H groups in total. The summed E-state index contributed by atoms with van der Waals surface area (Å²) in [5.74, 6) is 0.460. The lowest BCUT2D eigenvalue weighted by Gasteiger charge is -2.49. The number of carbonyl (C=O) groups excluding carboxylic acids is 1. The van der Waals surface area contributed by atoms with Gasteiger partial charge in [-0.15, -0.1) is 0 Å². The average Bonchev–Trinajstić information content (AvgIpc) is 2.55. The summed E-state index contributed by atoms with van der Waals surface area (Å²) < 4.78 is 10.7. The van der Waals surface area contributed by atoms with Gasteiger partial charge < -0.3 is 19.7 Å². The molecule has 0 aliphatic carbocycles. The maximum Gasteiger partial charge on any atom is 0.322 e. The molecular weight excluding hydrogens is 294 g/mol. The number of rotatable bonds is 4. The molecule has 6 heteroatoms. The number of benzene rings is 1. The van der Waals surface area contributed by atoms with E-state index in [1.165, 1.54) is 7.11 Å². The number of nitrogens with zero attached hydrogens (tertiary/aromatic N) is 2. The quantitative estimate of drug-likeness (QED) is 0.942. The van der Waals surface area contributed by atoms with Crippen LogP contribution in [0.2, 0.25) is 0 Å². The van der Waals surface area contributed by atoms with Gasteiger partial charge in [0, 0.05) is 25.1 Å². The van der Waals surface area contributed by atoms with Gasteiger partial charge in [-0.25, -0.2) is 9.78 Å². The van der Waals surface area contributed by atoms with Crippen LogP contribution in [0.1, 0.15) is 5.56 Å². The van der Waals surface area contributed by atoms with E-state index in [-0.39, 0.29) is 6.03 Å². The topological polar surface area (TPSA) is 63.7 Å². The van der Waals surface area contributed by atoms with Crippen LogP contribution < -0.4 is 10.1 Å². The fourth-order valence-corrected chi connectivity index (χ4v) is 2.69. The highest BCUT2D eigenvalue weighted by Crippen LogP contribution is 2.35. The van der Waals surface area contributed by atoms with E-state index < -0.39 is 5.60 Å². The van der Waals surface area contributed by atoms with Crippen LogP contribution in [0.15, 0.2) is 48.7 Å². The van der Waals surface area contributed by atoms with Crippen LogP contribution >= 0.6 is 0 Å². The summed E-state index contributed by atoms with van der Waals surface area (Å²) in [7, 11) is 3.21. The minimum absolute atomic E-state index is 0.165. The summed E-state index contributed by atoms with van der Waals surface area (Å²) in [6.07, 6.45) is 1.59. The van der Waals surface area contributed by atoms with Crippen molar-refractivity contribution in [2.75, 3.05) is 32.6 Å². The molecule has 0 saturated carbocycles. The number of hydrogen-bond donors (Lipinski definition) is 1. The van der Waals surface area contributed by atoms with E-state index >= 15 is 0 Å². The van der Waals surface area contributed by atoms with E-state index in [1.54, 1.807) is 30.3 Å². The number of methoxy groups -OCH3 is 2. The normalized spacial score (nSPS) is 15.7. The Kier molecular flexibility index (Phi) is 4.16. The highest BCUT2D eigenvalue weighted by molar-refractivity contribution is 5.90. The lowest BCUT2D eigenvalue weighted by molar-refractivity contribution is -0.109. The summed E-state index contributed by atoms with van der Waals surface area (Å²) in [5.41, 5.74) is 1.31. The molecule has 1 fully saturated rings. The van der Waals surface area contributed by atoms with Crippen LogP contribution in [0.3, 0.4) is 0 Å². The Balaban J connectivity index is 1.65. The number of nitrogens with one attached hydrogen (secondary N) is 1. The van der Waals surface area contributed by atoms with E-state index in [0.717, 1.165) is 5.56 Å². The van der Waals surface area contributed by atoms with Crippen molar-refractivity contribution in [1.82, 2.24) is 9.88 Å². The van der Waals surface area contributed by atoms with Crippen molar-refractivity contribution >= 4 is 11.7 Å². The van der Waals surface area contributed by atoms with Gasteiger partial charge in [-0.1, -0.05) is 30.3 Å². The maximum absolute atomic E-state index is 12.3. The zero-order chi connectivity index (χ0) is 16.3. The molecule has 0 bridgehead atoms. The second-order valence-corrected chi connectivity index (χ2v) is 5.44. The molecule has 0 spiro atoms. The molecule has 1 aliphatic rings. The van der Waals surface area contributed by atoms with Crippen LogP contribution in [0.25, 0.3) is 0 Å². The van der Waals surface area contributed by atoms with Crippen LogP contribution in [-0.2, 0) is 10.3 Å². The van der Waals surface area contributed by atoms with E-state index in [4.69, 9.17) is 9.47 Å². The van der Waals surface area contributed by atoms with Crippen molar-refractivity contribution in [1.29, 1.82) is 0 Å². The number of amides is 2. The van der Waals surface area contributed by atoms with E-state index in [9.17, 15) is 4.79 Å². The minimum atomic E-state index is -0.422. The first-order chi connectivity index (χ1) is 11.2. The molecule has 1 aliphatic heterocycles. The van der Waals surface area contributed by atoms with Crippen molar-refractivity contribution in [3.63, 3.8) is 0 Å². The predicted molar refractivity (Wildman–Crippen MR) is 86.5 cm³/mol. The van der Waals surface area contributed by atoms with E-state index in [1.807, 2.05) is 30.3 Å². The van der Waals surface area contributed by atoms with Gasteiger partial charge in [0.25, 0.3) is 0 Å². The molecule has 23 heavy (non-hydrogen) atoms.